The Hall–Kier alpha value is -3.53. The van der Waals surface area contributed by atoms with Crippen molar-refractivity contribution >= 4 is 28.2 Å². The second kappa shape index (κ2) is 9.02. The largest absolute Gasteiger partial charge is 0.427 e. The van der Waals surface area contributed by atoms with Crippen molar-refractivity contribution in [2.75, 3.05) is 31.1 Å². The lowest BCUT2D eigenvalue weighted by Gasteiger charge is -2.29. The number of carbonyl (C=O) groups is 1. The predicted molar refractivity (Wildman–Crippen MR) is 128 cm³/mol. The number of carbonyl (C=O) groups excluding carboxylic acids is 1. The van der Waals surface area contributed by atoms with E-state index in [9.17, 15) is 14.8 Å². The number of piperazine rings is 1. The molecule has 0 bridgehead atoms. The van der Waals surface area contributed by atoms with Crippen molar-refractivity contribution in [1.29, 1.82) is 0 Å². The summed E-state index contributed by atoms with van der Waals surface area (Å²) in [6, 6.07) is 3.62. The molecule has 1 aliphatic carbocycles. The van der Waals surface area contributed by atoms with Crippen molar-refractivity contribution < 1.29 is 10.0 Å². The Morgan fingerprint density at radius 2 is 1.94 bits per heavy atom. The molecule has 4 heterocycles. The van der Waals surface area contributed by atoms with E-state index in [0.717, 1.165) is 62.3 Å². The van der Waals surface area contributed by atoms with Gasteiger partial charge in [0.1, 0.15) is 11.3 Å². The SMILES string of the molecule is CC(=O)c1ncc2c(C)c(N=c3ccc(N4CCNCC4)cn3O)c(=O)n(C3CCCC3)c2n1. The Morgan fingerprint density at radius 1 is 1.21 bits per heavy atom. The van der Waals surface area contributed by atoms with Crippen LogP contribution in [0, 0.1) is 6.92 Å². The first-order chi connectivity index (χ1) is 16.4. The quantitative estimate of drug-likeness (QED) is 0.449. The lowest BCUT2D eigenvalue weighted by atomic mass is 10.1. The van der Waals surface area contributed by atoms with E-state index in [1.807, 2.05) is 6.07 Å². The third-order valence-corrected chi connectivity index (χ3v) is 6.78. The Balaban J connectivity index is 1.68. The first-order valence-corrected chi connectivity index (χ1v) is 11.8. The van der Waals surface area contributed by atoms with Gasteiger partial charge >= 0.3 is 0 Å². The highest BCUT2D eigenvalue weighted by Gasteiger charge is 2.25. The van der Waals surface area contributed by atoms with Gasteiger partial charge in [-0.3, -0.25) is 14.2 Å². The van der Waals surface area contributed by atoms with Crippen molar-refractivity contribution in [2.45, 2.75) is 45.6 Å². The number of nitrogens with one attached hydrogen (secondary N) is 1. The summed E-state index contributed by atoms with van der Waals surface area (Å²) in [5.41, 5.74) is 2.23. The Kier molecular flexibility index (Phi) is 5.91. The van der Waals surface area contributed by atoms with E-state index >= 15 is 0 Å². The van der Waals surface area contributed by atoms with E-state index in [1.54, 1.807) is 30.0 Å². The molecule has 0 atom stereocenters. The second-order valence-corrected chi connectivity index (χ2v) is 9.01. The smallest absolute Gasteiger partial charge is 0.278 e. The van der Waals surface area contributed by atoms with E-state index in [0.29, 0.717) is 16.6 Å². The lowest BCUT2D eigenvalue weighted by Crippen LogP contribution is -2.43. The summed E-state index contributed by atoms with van der Waals surface area (Å²) >= 11 is 0. The van der Waals surface area contributed by atoms with Gasteiger partial charge in [-0.05, 0) is 37.5 Å². The molecule has 3 aromatic heterocycles. The van der Waals surface area contributed by atoms with Gasteiger partial charge < -0.3 is 15.4 Å². The minimum absolute atomic E-state index is 0.00408. The summed E-state index contributed by atoms with van der Waals surface area (Å²) in [6.45, 7) is 6.71. The van der Waals surface area contributed by atoms with Crippen LogP contribution in [0.1, 0.15) is 54.8 Å². The molecule has 0 spiro atoms. The predicted octanol–water partition coefficient (Wildman–Crippen LogP) is 2.10. The minimum atomic E-state index is -0.267. The van der Waals surface area contributed by atoms with Crippen LogP contribution in [-0.4, -0.2) is 56.4 Å². The number of pyridine rings is 2. The van der Waals surface area contributed by atoms with Gasteiger partial charge in [0.2, 0.25) is 0 Å². The van der Waals surface area contributed by atoms with Crippen LogP contribution in [0.3, 0.4) is 0 Å². The van der Waals surface area contributed by atoms with Crippen LogP contribution in [0.15, 0.2) is 34.3 Å². The number of Topliss-reactive ketones (excluding diaryl/α,β-unsaturated/α-hetero) is 1. The maximum Gasteiger partial charge on any atom is 0.278 e. The Bertz CT molecular complexity index is 1380. The van der Waals surface area contributed by atoms with Crippen LogP contribution in [0.25, 0.3) is 11.0 Å². The number of nitrogens with zero attached hydrogens (tertiary/aromatic N) is 6. The first-order valence-electron chi connectivity index (χ1n) is 11.8. The highest BCUT2D eigenvalue weighted by Crippen LogP contribution is 2.32. The summed E-state index contributed by atoms with van der Waals surface area (Å²) in [4.78, 5) is 41.1. The fraction of sp³-hybridized carbons (Fsp3) is 0.458. The second-order valence-electron chi connectivity index (χ2n) is 9.01. The molecule has 1 aliphatic heterocycles. The highest BCUT2D eigenvalue weighted by atomic mass is 16.5. The molecule has 2 N–H and O–H groups in total. The molecule has 3 aromatic rings. The fourth-order valence-corrected chi connectivity index (χ4v) is 4.91. The van der Waals surface area contributed by atoms with Crippen molar-refractivity contribution in [1.82, 2.24) is 24.6 Å². The highest BCUT2D eigenvalue weighted by molar-refractivity contribution is 5.93. The van der Waals surface area contributed by atoms with Crippen LogP contribution in [0.2, 0.25) is 0 Å². The molecule has 34 heavy (non-hydrogen) atoms. The van der Waals surface area contributed by atoms with Crippen LogP contribution in [0.5, 0.6) is 0 Å². The molecule has 1 saturated heterocycles. The molecule has 1 saturated carbocycles. The third kappa shape index (κ3) is 3.98. The van der Waals surface area contributed by atoms with Crippen molar-refractivity contribution in [2.24, 2.45) is 4.99 Å². The zero-order valence-electron chi connectivity index (χ0n) is 19.5. The number of rotatable bonds is 4. The molecule has 2 fully saturated rings. The van der Waals surface area contributed by atoms with E-state index in [2.05, 4.69) is 25.2 Å². The average Bonchev–Trinajstić information content (AvgIpc) is 3.37. The summed E-state index contributed by atoms with van der Waals surface area (Å²) < 4.78 is 2.65. The van der Waals surface area contributed by atoms with Crippen molar-refractivity contribution in [3.05, 3.63) is 51.8 Å². The summed E-state index contributed by atoms with van der Waals surface area (Å²) in [5, 5.41) is 14.7. The number of hydrogen-bond acceptors (Lipinski definition) is 8. The van der Waals surface area contributed by atoms with Crippen LogP contribution in [-0.2, 0) is 0 Å². The first kappa shape index (κ1) is 22.3. The van der Waals surface area contributed by atoms with Gasteiger partial charge in [0.25, 0.3) is 5.56 Å². The normalized spacial score (nSPS) is 17.6. The lowest BCUT2D eigenvalue weighted by molar-refractivity contribution is 0.100. The minimum Gasteiger partial charge on any atom is -0.427 e. The number of aromatic nitrogens is 4. The number of hydrogen-bond donors (Lipinski definition) is 2. The van der Waals surface area contributed by atoms with Gasteiger partial charge in [0.15, 0.2) is 17.1 Å². The maximum absolute atomic E-state index is 13.7. The summed E-state index contributed by atoms with van der Waals surface area (Å²) in [7, 11) is 0. The van der Waals surface area contributed by atoms with Gasteiger partial charge in [0, 0.05) is 50.7 Å². The Morgan fingerprint density at radius 3 is 2.62 bits per heavy atom. The number of aryl methyl sites for hydroxylation is 1. The van der Waals surface area contributed by atoms with E-state index in [4.69, 9.17) is 0 Å². The van der Waals surface area contributed by atoms with Gasteiger partial charge in [-0.25, -0.2) is 15.0 Å². The number of fused-ring (bicyclic) bond motifs is 1. The van der Waals surface area contributed by atoms with E-state index in [1.165, 1.54) is 6.92 Å². The zero-order chi connectivity index (χ0) is 23.8. The van der Waals surface area contributed by atoms with Crippen molar-refractivity contribution in [3.8, 4) is 0 Å². The Labute approximate surface area is 196 Å². The molecule has 0 unspecified atom stereocenters. The van der Waals surface area contributed by atoms with Gasteiger partial charge in [-0.1, -0.05) is 12.8 Å². The van der Waals surface area contributed by atoms with Gasteiger partial charge in [-0.2, -0.15) is 4.73 Å². The number of ketones is 1. The zero-order valence-corrected chi connectivity index (χ0v) is 19.5. The fourth-order valence-electron chi connectivity index (χ4n) is 4.91. The van der Waals surface area contributed by atoms with Crippen LogP contribution >= 0.6 is 0 Å². The molecule has 0 radical (unpaired) electrons. The summed E-state index contributed by atoms with van der Waals surface area (Å²) in [6.07, 6.45) is 7.03. The van der Waals surface area contributed by atoms with Gasteiger partial charge in [0.05, 0.1) is 11.9 Å². The molecule has 0 amide bonds. The van der Waals surface area contributed by atoms with Gasteiger partial charge in [-0.15, -0.1) is 0 Å². The molecule has 10 nitrogen and oxygen atoms in total. The average molecular weight is 464 g/mol. The molecule has 178 valence electrons. The molecule has 5 rings (SSSR count). The van der Waals surface area contributed by atoms with E-state index in [-0.39, 0.29) is 34.4 Å². The molecular formula is C24H29N7O3. The molecular weight excluding hydrogens is 434 g/mol. The third-order valence-electron chi connectivity index (χ3n) is 6.78. The number of anilines is 1. The van der Waals surface area contributed by atoms with Crippen LogP contribution < -0.4 is 21.3 Å². The molecule has 10 heteroatoms. The maximum atomic E-state index is 13.7. The monoisotopic (exact) mass is 463 g/mol. The topological polar surface area (TPSA) is 118 Å². The van der Waals surface area contributed by atoms with Crippen LogP contribution in [0.4, 0.5) is 11.4 Å². The standard InChI is InChI=1S/C24H29N7O3/c1-15-19-13-26-22(16(2)32)28-23(19)31(17-5-3-4-6-17)24(33)21(15)27-20-8-7-18(14-30(20)34)29-11-9-25-10-12-29/h7-8,13-14,17,25,34H,3-6,9-12H2,1-2H3. The summed E-state index contributed by atoms with van der Waals surface area (Å²) in [5.74, 6) is -0.149. The molecule has 2 aliphatic rings. The van der Waals surface area contributed by atoms with E-state index < -0.39 is 0 Å². The van der Waals surface area contributed by atoms with Crippen molar-refractivity contribution in [3.63, 3.8) is 0 Å². The molecule has 0 aromatic carbocycles.